The number of carboxylic acids is 6. The Morgan fingerprint density at radius 3 is 1.59 bits per heavy atom. The van der Waals surface area contributed by atoms with Gasteiger partial charge in [0, 0.05) is 89.6 Å². The number of ether oxygens (including phenoxy) is 1. The predicted octanol–water partition coefficient (Wildman–Crippen LogP) is -0.369. The Bertz CT molecular complexity index is 2300. The number of hydrogen-bond donors (Lipinski definition) is 11. The van der Waals surface area contributed by atoms with Crippen molar-refractivity contribution in [1.29, 1.82) is 0 Å². The molecule has 26 nitrogen and oxygen atoms in total. The third-order valence-electron chi connectivity index (χ3n) is 13.5. The van der Waals surface area contributed by atoms with Gasteiger partial charge in [-0.2, -0.15) is 0 Å². The first-order valence-corrected chi connectivity index (χ1v) is 25.4. The largest absolute Gasteiger partial charge is 0.496 e. The summed E-state index contributed by atoms with van der Waals surface area (Å²) in [4.78, 5) is 130. The zero-order valence-corrected chi connectivity index (χ0v) is 42.8. The molecule has 2 fully saturated rings. The van der Waals surface area contributed by atoms with E-state index < -0.39 is 84.6 Å². The van der Waals surface area contributed by atoms with Crippen molar-refractivity contribution in [3.8, 4) is 5.75 Å². The predicted molar refractivity (Wildman–Crippen MR) is 272 cm³/mol. The van der Waals surface area contributed by atoms with E-state index in [4.69, 9.17) is 9.84 Å². The van der Waals surface area contributed by atoms with Crippen LogP contribution < -0.4 is 31.3 Å². The first kappa shape index (κ1) is 61.4. The molecule has 0 unspecified atom stereocenters. The molecule has 26 heteroatoms. The second kappa shape index (κ2) is 31.7. The average Bonchev–Trinajstić information content (AvgIpc) is 3.36. The highest BCUT2D eigenvalue weighted by molar-refractivity contribution is 5.92. The van der Waals surface area contributed by atoms with Gasteiger partial charge in [-0.3, -0.25) is 53.2 Å². The van der Waals surface area contributed by atoms with Gasteiger partial charge in [0.25, 0.3) is 0 Å². The number of amides is 5. The molecule has 1 heterocycles. The van der Waals surface area contributed by atoms with E-state index >= 15 is 0 Å². The Kier molecular flexibility index (Phi) is 25.6. The number of benzene rings is 2. The summed E-state index contributed by atoms with van der Waals surface area (Å²) >= 11 is 0. The van der Waals surface area contributed by atoms with Crippen molar-refractivity contribution in [1.82, 2.24) is 46.2 Å². The van der Waals surface area contributed by atoms with Crippen molar-refractivity contribution in [3.05, 3.63) is 42.0 Å². The molecule has 0 spiro atoms. The molecule has 3 atom stereocenters. The monoisotopic (exact) mass is 1070 g/mol. The standard InChI is InChI=1S/C50H73N9O17/c1-76-45-35(14-13-33-6-2-3-7-36(33)45)26-39(47(70)51-17-5-4-8-37(48(71)72)54-50(75)55-38(49(73)74)15-16-41(61)62)53-46(69)34-11-9-32(10-12-34)27-52-40(60)28-56-18-20-57(29-42(63)64)22-24-59(31-44(67)68)25-23-58(21-19-56)30-43(65)66/h2-3,6-7,13-14,32,34,37-39H,4-5,8-12,15-31H2,1H3,(H,51,70)(H,52,60)(H,53,69)(H,61,62)(H,63,64)(H,65,66)(H,67,68)(H,71,72)(H,73,74)(H2,54,55,75)/t32?,34?,37-,38-,39-/m0/s1. The number of aliphatic carboxylic acids is 6. The molecule has 76 heavy (non-hydrogen) atoms. The molecule has 0 radical (unpaired) electrons. The van der Waals surface area contributed by atoms with Crippen LogP contribution in [0.3, 0.4) is 0 Å². The summed E-state index contributed by atoms with van der Waals surface area (Å²) in [5.41, 5.74) is 0.662. The number of carboxylic acid groups (broad SMARTS) is 6. The van der Waals surface area contributed by atoms with Crippen molar-refractivity contribution < 1.29 is 83.3 Å². The van der Waals surface area contributed by atoms with E-state index in [1.165, 1.54) is 7.11 Å². The number of nitrogens with one attached hydrogen (secondary N) is 5. The summed E-state index contributed by atoms with van der Waals surface area (Å²) in [5, 5.41) is 71.2. The summed E-state index contributed by atoms with van der Waals surface area (Å²) in [6.45, 7) is 1.61. The molecule has 5 amide bonds. The van der Waals surface area contributed by atoms with Gasteiger partial charge >= 0.3 is 41.8 Å². The van der Waals surface area contributed by atoms with Crippen molar-refractivity contribution in [3.63, 3.8) is 0 Å². The minimum absolute atomic E-state index is 0.0374. The highest BCUT2D eigenvalue weighted by atomic mass is 16.5. The number of fused-ring (bicyclic) bond motifs is 1. The van der Waals surface area contributed by atoms with Crippen LogP contribution >= 0.6 is 0 Å². The fourth-order valence-corrected chi connectivity index (χ4v) is 9.29. The molecule has 1 aliphatic carbocycles. The first-order valence-electron chi connectivity index (χ1n) is 25.4. The Morgan fingerprint density at radius 1 is 0.579 bits per heavy atom. The molecule has 11 N–H and O–H groups in total. The average molecular weight is 1070 g/mol. The van der Waals surface area contributed by atoms with Crippen LogP contribution in [0, 0.1) is 11.8 Å². The fraction of sp³-hybridized carbons (Fsp3) is 0.600. The van der Waals surface area contributed by atoms with Gasteiger partial charge < -0.3 is 62.0 Å². The van der Waals surface area contributed by atoms with Gasteiger partial charge in [0.1, 0.15) is 23.9 Å². The van der Waals surface area contributed by atoms with Gasteiger partial charge in [-0.25, -0.2) is 14.4 Å². The third-order valence-corrected chi connectivity index (χ3v) is 13.5. The minimum Gasteiger partial charge on any atom is -0.496 e. The molecule has 420 valence electrons. The molecule has 2 aromatic carbocycles. The summed E-state index contributed by atoms with van der Waals surface area (Å²) in [5.74, 6) is -8.30. The van der Waals surface area contributed by atoms with Crippen LogP contribution in [0.1, 0.15) is 63.4 Å². The maximum Gasteiger partial charge on any atom is 0.326 e. The Hall–Kier alpha value is -7.16. The van der Waals surface area contributed by atoms with Gasteiger partial charge in [-0.05, 0) is 68.2 Å². The number of carbonyl (C=O) groups is 10. The minimum atomic E-state index is -1.56. The topological polar surface area (TPSA) is 374 Å². The number of nitrogens with zero attached hydrogens (tertiary/aromatic N) is 4. The van der Waals surface area contributed by atoms with Crippen LogP contribution in [-0.2, 0) is 49.6 Å². The van der Waals surface area contributed by atoms with Crippen molar-refractivity contribution >= 4 is 70.3 Å². The van der Waals surface area contributed by atoms with Gasteiger partial charge in [0.05, 0.1) is 33.3 Å². The van der Waals surface area contributed by atoms with Crippen molar-refractivity contribution in [2.24, 2.45) is 11.8 Å². The van der Waals surface area contributed by atoms with Crippen LogP contribution in [0.5, 0.6) is 5.75 Å². The first-order chi connectivity index (χ1) is 36.2. The SMILES string of the molecule is COc1c(C[C@H](NC(=O)C2CCC(CNC(=O)CN3CCN(CC(=O)O)CCN(CC(=O)O)CCN(CC(=O)O)CC3)CC2)C(=O)NCCCC[C@H](NC(=O)N[C@@H](CCC(=O)O)C(=O)O)C(=O)O)ccc2ccccc12. The molecular formula is C50H73N9O17. The zero-order chi connectivity index (χ0) is 55.7. The molecule has 0 aromatic heterocycles. The lowest BCUT2D eigenvalue weighted by molar-refractivity contribution is -0.141. The Labute approximate surface area is 439 Å². The number of hydrogen-bond acceptors (Lipinski definition) is 15. The molecule has 0 bridgehead atoms. The van der Waals surface area contributed by atoms with E-state index in [1.54, 1.807) is 14.7 Å². The summed E-state index contributed by atoms with van der Waals surface area (Å²) in [6.07, 6.45) is 1.64. The lowest BCUT2D eigenvalue weighted by atomic mass is 9.81. The second-order valence-corrected chi connectivity index (χ2v) is 19.2. The number of urea groups is 1. The molecule has 1 saturated carbocycles. The fourth-order valence-electron chi connectivity index (χ4n) is 9.29. The summed E-state index contributed by atoms with van der Waals surface area (Å²) < 4.78 is 5.79. The Morgan fingerprint density at radius 2 is 1.09 bits per heavy atom. The van der Waals surface area contributed by atoms with Gasteiger partial charge in [-0.1, -0.05) is 36.4 Å². The van der Waals surface area contributed by atoms with Crippen molar-refractivity contribution in [2.45, 2.75) is 82.3 Å². The highest BCUT2D eigenvalue weighted by Crippen LogP contribution is 2.32. The number of rotatable bonds is 28. The number of carbonyl (C=O) groups excluding carboxylic acids is 4. The molecular weight excluding hydrogens is 999 g/mol. The molecule has 1 aliphatic heterocycles. The zero-order valence-electron chi connectivity index (χ0n) is 42.8. The van der Waals surface area contributed by atoms with E-state index in [-0.39, 0.29) is 115 Å². The van der Waals surface area contributed by atoms with Gasteiger partial charge in [-0.15, -0.1) is 0 Å². The van der Waals surface area contributed by atoms with Gasteiger partial charge in [0.15, 0.2) is 0 Å². The Balaban J connectivity index is 1.33. The maximum absolute atomic E-state index is 14.0. The quantitative estimate of drug-likeness (QED) is 0.0484. The van der Waals surface area contributed by atoms with Crippen LogP contribution in [0.25, 0.3) is 10.8 Å². The second-order valence-electron chi connectivity index (χ2n) is 19.2. The van der Waals surface area contributed by atoms with Crippen LogP contribution in [0.2, 0.25) is 0 Å². The van der Waals surface area contributed by atoms with E-state index in [0.717, 1.165) is 10.8 Å². The van der Waals surface area contributed by atoms with Crippen molar-refractivity contribution in [2.75, 3.05) is 98.7 Å². The van der Waals surface area contributed by atoms with E-state index in [9.17, 15) is 73.5 Å². The smallest absolute Gasteiger partial charge is 0.326 e. The lowest BCUT2D eigenvalue weighted by Gasteiger charge is -2.33. The number of unbranched alkanes of at least 4 members (excludes halogenated alkanes) is 1. The lowest BCUT2D eigenvalue weighted by Crippen LogP contribution is -2.51. The van der Waals surface area contributed by atoms with Crippen LogP contribution in [-0.4, -0.2) is 227 Å². The maximum atomic E-state index is 14.0. The normalized spacial score (nSPS) is 18.5. The van der Waals surface area contributed by atoms with E-state index in [2.05, 4.69) is 26.6 Å². The van der Waals surface area contributed by atoms with E-state index in [1.807, 2.05) is 41.3 Å². The molecule has 4 rings (SSSR count). The molecule has 2 aliphatic rings. The molecule has 2 aromatic rings. The highest BCUT2D eigenvalue weighted by Gasteiger charge is 2.32. The number of methoxy groups -OCH3 is 1. The van der Waals surface area contributed by atoms with E-state index in [0.29, 0.717) is 56.6 Å². The third kappa shape index (κ3) is 22.0. The summed E-state index contributed by atoms with van der Waals surface area (Å²) in [6, 6.07) is 6.12. The van der Waals surface area contributed by atoms with Crippen LogP contribution in [0.4, 0.5) is 4.79 Å². The summed E-state index contributed by atoms with van der Waals surface area (Å²) in [7, 11) is 1.52. The molecule has 1 saturated heterocycles. The van der Waals surface area contributed by atoms with Gasteiger partial charge in [0.2, 0.25) is 17.7 Å². The van der Waals surface area contributed by atoms with Crippen LogP contribution in [0.15, 0.2) is 36.4 Å².